The lowest BCUT2D eigenvalue weighted by Gasteiger charge is -2.34. The number of nitrogens with zero attached hydrogens (tertiary/aromatic N) is 2. The van der Waals surface area contributed by atoms with E-state index in [1.54, 1.807) is 42.5 Å². The number of carbonyl (C=O) groups excluding carboxylic acids is 2. The molecule has 1 saturated carbocycles. The van der Waals surface area contributed by atoms with Gasteiger partial charge in [-0.15, -0.1) is 0 Å². The van der Waals surface area contributed by atoms with Gasteiger partial charge in [-0.1, -0.05) is 91.2 Å². The normalized spacial score (nSPS) is 14.5. The van der Waals surface area contributed by atoms with Crippen LogP contribution in [0.25, 0.3) is 0 Å². The number of hydrogen-bond acceptors (Lipinski definition) is 4. The van der Waals surface area contributed by atoms with E-state index in [0.717, 1.165) is 41.8 Å². The summed E-state index contributed by atoms with van der Waals surface area (Å²) in [6.45, 7) is -0.393. The van der Waals surface area contributed by atoms with Crippen LogP contribution < -0.4 is 9.62 Å². The molecule has 1 fully saturated rings. The number of amides is 2. The lowest BCUT2D eigenvalue weighted by atomic mass is 10.0. The maximum Gasteiger partial charge on any atom is 0.244 e. The fourth-order valence-corrected chi connectivity index (χ4v) is 5.98. The van der Waals surface area contributed by atoms with Gasteiger partial charge in [0.25, 0.3) is 0 Å². The Morgan fingerprint density at radius 1 is 0.923 bits per heavy atom. The quantitative estimate of drug-likeness (QED) is 0.360. The van der Waals surface area contributed by atoms with E-state index in [4.69, 9.17) is 11.6 Å². The molecule has 0 unspecified atom stereocenters. The van der Waals surface area contributed by atoms with E-state index in [2.05, 4.69) is 5.32 Å². The number of carbonyl (C=O) groups is 2. The molecule has 0 saturated heterocycles. The maximum absolute atomic E-state index is 14.1. The van der Waals surface area contributed by atoms with Crippen molar-refractivity contribution in [3.8, 4) is 0 Å². The van der Waals surface area contributed by atoms with Crippen LogP contribution in [-0.2, 0) is 32.6 Å². The Morgan fingerprint density at radius 2 is 1.51 bits per heavy atom. The molecule has 0 aliphatic heterocycles. The Bertz CT molecular complexity index is 1360. The van der Waals surface area contributed by atoms with Gasteiger partial charge in [0.05, 0.1) is 11.9 Å². The first-order chi connectivity index (χ1) is 18.7. The fourth-order valence-electron chi connectivity index (χ4n) is 4.94. The zero-order valence-corrected chi connectivity index (χ0v) is 23.6. The Kier molecular flexibility index (Phi) is 9.64. The summed E-state index contributed by atoms with van der Waals surface area (Å²) in [5.74, 6) is -0.747. The van der Waals surface area contributed by atoms with E-state index in [-0.39, 0.29) is 24.9 Å². The van der Waals surface area contributed by atoms with Gasteiger partial charge >= 0.3 is 0 Å². The van der Waals surface area contributed by atoms with Gasteiger partial charge in [-0.3, -0.25) is 13.9 Å². The maximum atomic E-state index is 14.1. The Hall–Kier alpha value is -3.36. The Morgan fingerprint density at radius 3 is 2.13 bits per heavy atom. The molecule has 9 heteroatoms. The third-order valence-corrected chi connectivity index (χ3v) is 8.50. The molecule has 3 aromatic rings. The summed E-state index contributed by atoms with van der Waals surface area (Å²) in [4.78, 5) is 29.3. The molecule has 39 heavy (non-hydrogen) atoms. The number of benzene rings is 3. The summed E-state index contributed by atoms with van der Waals surface area (Å²) in [6.07, 6.45) is 5.25. The van der Waals surface area contributed by atoms with Gasteiger partial charge in [0.1, 0.15) is 12.6 Å². The molecule has 3 aromatic carbocycles. The second-order valence-corrected chi connectivity index (χ2v) is 12.2. The third-order valence-electron chi connectivity index (χ3n) is 6.99. The molecule has 1 N–H and O–H groups in total. The molecule has 1 aliphatic rings. The molecule has 0 bridgehead atoms. The second kappa shape index (κ2) is 13.1. The topological polar surface area (TPSA) is 86.8 Å². The Labute approximate surface area is 235 Å². The average Bonchev–Trinajstić information content (AvgIpc) is 3.43. The van der Waals surface area contributed by atoms with Gasteiger partial charge in [0, 0.05) is 24.0 Å². The summed E-state index contributed by atoms with van der Waals surface area (Å²) in [5.41, 5.74) is 1.94. The SMILES string of the molecule is CS(=O)(=O)N(CC(=O)N(Cc1ccccc1Cl)[C@@H](Cc1ccccc1)C(=O)NC1CCCC1)c1ccccc1. The van der Waals surface area contributed by atoms with Crippen LogP contribution in [0.1, 0.15) is 36.8 Å². The minimum atomic E-state index is -3.79. The molecule has 1 aliphatic carbocycles. The molecule has 0 aromatic heterocycles. The highest BCUT2D eigenvalue weighted by Crippen LogP contribution is 2.24. The van der Waals surface area contributed by atoms with Crippen LogP contribution in [0.5, 0.6) is 0 Å². The van der Waals surface area contributed by atoms with E-state index in [9.17, 15) is 18.0 Å². The molecule has 7 nitrogen and oxygen atoms in total. The molecule has 0 heterocycles. The molecule has 0 spiro atoms. The van der Waals surface area contributed by atoms with Crippen molar-refractivity contribution in [1.82, 2.24) is 10.2 Å². The lowest BCUT2D eigenvalue weighted by molar-refractivity contribution is -0.140. The van der Waals surface area contributed by atoms with Crippen LogP contribution in [0.4, 0.5) is 5.69 Å². The predicted molar refractivity (Wildman–Crippen MR) is 155 cm³/mol. The summed E-state index contributed by atoms with van der Waals surface area (Å²) in [5, 5.41) is 3.62. The van der Waals surface area contributed by atoms with E-state index in [0.29, 0.717) is 16.3 Å². The van der Waals surface area contributed by atoms with Crippen molar-refractivity contribution < 1.29 is 18.0 Å². The molecule has 2 amide bonds. The number of nitrogens with one attached hydrogen (secondary N) is 1. The second-order valence-electron chi connectivity index (χ2n) is 9.91. The third kappa shape index (κ3) is 7.83. The summed E-state index contributed by atoms with van der Waals surface area (Å²) in [6, 6.07) is 24.4. The van der Waals surface area contributed by atoms with Gasteiger partial charge in [-0.05, 0) is 42.2 Å². The standard InChI is InChI=1S/C30H34ClN3O4S/c1-39(37,38)34(26-17-6-3-7-18-26)22-29(35)33(21-24-14-8-11-19-27(24)31)28(20-23-12-4-2-5-13-23)30(36)32-25-15-9-10-16-25/h2-8,11-14,17-19,25,28H,9-10,15-16,20-22H2,1H3,(H,32,36)/t28-/m0/s1. The van der Waals surface area contributed by atoms with Crippen molar-refractivity contribution >= 4 is 39.1 Å². The van der Waals surface area contributed by atoms with E-state index in [1.165, 1.54) is 4.90 Å². The van der Waals surface area contributed by atoms with Gasteiger partial charge in [0.2, 0.25) is 21.8 Å². The smallest absolute Gasteiger partial charge is 0.244 e. The van der Waals surface area contributed by atoms with Gasteiger partial charge < -0.3 is 10.2 Å². The van der Waals surface area contributed by atoms with Crippen molar-refractivity contribution in [2.24, 2.45) is 0 Å². The van der Waals surface area contributed by atoms with Gasteiger partial charge in [-0.2, -0.15) is 0 Å². The Balaban J connectivity index is 1.72. The van der Waals surface area contributed by atoms with E-state index in [1.807, 2.05) is 42.5 Å². The molecule has 4 rings (SSSR count). The molecule has 0 radical (unpaired) electrons. The van der Waals surface area contributed by atoms with Crippen molar-refractivity contribution in [1.29, 1.82) is 0 Å². The summed E-state index contributed by atoms with van der Waals surface area (Å²) >= 11 is 6.48. The fraction of sp³-hybridized carbons (Fsp3) is 0.333. The molecular formula is C30H34ClN3O4S. The van der Waals surface area contributed by atoms with Crippen molar-refractivity contribution in [2.45, 2.75) is 50.7 Å². The number of sulfonamides is 1. The molecule has 1 atom stereocenters. The number of para-hydroxylation sites is 1. The predicted octanol–water partition coefficient (Wildman–Crippen LogP) is 4.80. The van der Waals surface area contributed by atoms with Crippen LogP contribution in [0.15, 0.2) is 84.9 Å². The zero-order valence-electron chi connectivity index (χ0n) is 22.0. The first-order valence-electron chi connectivity index (χ1n) is 13.1. The summed E-state index contributed by atoms with van der Waals surface area (Å²) in [7, 11) is -3.79. The van der Waals surface area contributed by atoms with Crippen molar-refractivity contribution in [3.05, 3.63) is 101 Å². The first-order valence-corrected chi connectivity index (χ1v) is 15.3. The highest BCUT2D eigenvalue weighted by molar-refractivity contribution is 7.92. The molecular weight excluding hydrogens is 534 g/mol. The number of rotatable bonds is 11. The number of hydrogen-bond donors (Lipinski definition) is 1. The minimum absolute atomic E-state index is 0.0560. The van der Waals surface area contributed by atoms with Crippen molar-refractivity contribution in [2.75, 3.05) is 17.1 Å². The van der Waals surface area contributed by atoms with Crippen LogP contribution in [0, 0.1) is 0 Å². The largest absolute Gasteiger partial charge is 0.352 e. The summed E-state index contributed by atoms with van der Waals surface area (Å²) < 4.78 is 26.6. The van der Waals surface area contributed by atoms with Crippen LogP contribution >= 0.6 is 11.6 Å². The number of anilines is 1. The van der Waals surface area contributed by atoms with E-state index >= 15 is 0 Å². The van der Waals surface area contributed by atoms with Gasteiger partial charge in [0.15, 0.2) is 0 Å². The number of halogens is 1. The van der Waals surface area contributed by atoms with E-state index < -0.39 is 28.5 Å². The highest BCUT2D eigenvalue weighted by Gasteiger charge is 2.34. The van der Waals surface area contributed by atoms with Crippen LogP contribution in [-0.4, -0.2) is 50.0 Å². The minimum Gasteiger partial charge on any atom is -0.352 e. The average molecular weight is 568 g/mol. The van der Waals surface area contributed by atoms with Crippen LogP contribution in [0.3, 0.4) is 0 Å². The van der Waals surface area contributed by atoms with Crippen molar-refractivity contribution in [3.63, 3.8) is 0 Å². The van der Waals surface area contributed by atoms with Gasteiger partial charge in [-0.25, -0.2) is 8.42 Å². The lowest BCUT2D eigenvalue weighted by Crippen LogP contribution is -2.54. The van der Waals surface area contributed by atoms with Crippen LogP contribution in [0.2, 0.25) is 5.02 Å². The first kappa shape index (κ1) is 28.6. The monoisotopic (exact) mass is 567 g/mol. The molecule has 206 valence electrons. The zero-order chi connectivity index (χ0) is 27.8. The highest BCUT2D eigenvalue weighted by atomic mass is 35.5.